The number of ether oxygens (including phenoxy) is 1. The van der Waals surface area contributed by atoms with Crippen LogP contribution in [-0.4, -0.2) is 54.1 Å². The minimum absolute atomic E-state index is 0.00199. The molecule has 0 spiro atoms. The molecule has 7 heteroatoms. The highest BCUT2D eigenvalue weighted by Gasteiger charge is 2.22. The number of urea groups is 1. The topological polar surface area (TPSA) is 57.7 Å². The molecule has 34 heavy (non-hydrogen) atoms. The van der Waals surface area contributed by atoms with E-state index in [-0.39, 0.29) is 6.03 Å². The molecule has 1 aliphatic rings. The van der Waals surface area contributed by atoms with Crippen LogP contribution in [0.3, 0.4) is 0 Å². The monoisotopic (exact) mass is 472 g/mol. The molecule has 6 nitrogen and oxygen atoms in total. The van der Waals surface area contributed by atoms with E-state index >= 15 is 0 Å². The zero-order chi connectivity index (χ0) is 23.3. The number of hydrogen-bond acceptors (Lipinski definition) is 5. The second-order valence-corrected chi connectivity index (χ2v) is 9.36. The van der Waals surface area contributed by atoms with Gasteiger partial charge in [0.25, 0.3) is 0 Å². The van der Waals surface area contributed by atoms with Crippen molar-refractivity contribution in [1.29, 1.82) is 0 Å². The zero-order valence-electron chi connectivity index (χ0n) is 19.2. The Balaban J connectivity index is 1.12. The number of piperazine rings is 1. The van der Waals surface area contributed by atoms with Crippen molar-refractivity contribution >= 4 is 28.1 Å². The van der Waals surface area contributed by atoms with Gasteiger partial charge in [-0.3, -0.25) is 4.90 Å². The first-order chi connectivity index (χ1) is 16.7. The van der Waals surface area contributed by atoms with E-state index in [0.29, 0.717) is 6.54 Å². The van der Waals surface area contributed by atoms with Crippen LogP contribution in [0.5, 0.6) is 5.75 Å². The Morgan fingerprint density at radius 3 is 2.68 bits per heavy atom. The lowest BCUT2D eigenvalue weighted by Crippen LogP contribution is -2.51. The van der Waals surface area contributed by atoms with Gasteiger partial charge in [0.2, 0.25) is 0 Å². The van der Waals surface area contributed by atoms with Crippen molar-refractivity contribution in [1.82, 2.24) is 20.1 Å². The van der Waals surface area contributed by atoms with Crippen LogP contribution >= 0.6 is 11.3 Å². The van der Waals surface area contributed by atoms with E-state index in [1.807, 2.05) is 41.3 Å². The number of benzene rings is 3. The minimum atomic E-state index is 0.00199. The van der Waals surface area contributed by atoms with Crippen molar-refractivity contribution in [3.63, 3.8) is 0 Å². The number of thiazole rings is 1. The van der Waals surface area contributed by atoms with Gasteiger partial charge in [-0.05, 0) is 28.5 Å². The van der Waals surface area contributed by atoms with E-state index in [1.165, 1.54) is 10.8 Å². The van der Waals surface area contributed by atoms with E-state index in [2.05, 4.69) is 45.9 Å². The Kier molecular flexibility index (Phi) is 6.74. The number of hydrogen-bond donors (Lipinski definition) is 1. The lowest BCUT2D eigenvalue weighted by Gasteiger charge is -2.34. The molecule has 1 aliphatic heterocycles. The van der Waals surface area contributed by atoms with Gasteiger partial charge < -0.3 is 15.0 Å². The van der Waals surface area contributed by atoms with Crippen LogP contribution in [0.2, 0.25) is 0 Å². The number of amides is 2. The average Bonchev–Trinajstić information content (AvgIpc) is 3.36. The zero-order valence-corrected chi connectivity index (χ0v) is 20.1. The summed E-state index contributed by atoms with van der Waals surface area (Å²) < 4.78 is 5.33. The van der Waals surface area contributed by atoms with E-state index in [1.54, 1.807) is 18.4 Å². The molecule has 174 valence electrons. The van der Waals surface area contributed by atoms with Gasteiger partial charge in [-0.2, -0.15) is 0 Å². The first-order valence-corrected chi connectivity index (χ1v) is 12.4. The summed E-state index contributed by atoms with van der Waals surface area (Å²) in [7, 11) is 1.68. The summed E-state index contributed by atoms with van der Waals surface area (Å²) in [5.74, 6) is 0.835. The van der Waals surface area contributed by atoms with Crippen molar-refractivity contribution < 1.29 is 9.53 Å². The fourth-order valence-corrected chi connectivity index (χ4v) is 5.17. The number of rotatable bonds is 6. The lowest BCUT2D eigenvalue weighted by molar-refractivity contribution is 0.135. The van der Waals surface area contributed by atoms with Crippen LogP contribution in [0.1, 0.15) is 10.6 Å². The van der Waals surface area contributed by atoms with Crippen LogP contribution in [0.25, 0.3) is 22.0 Å². The van der Waals surface area contributed by atoms with Crippen molar-refractivity contribution in [2.45, 2.75) is 13.1 Å². The Hall–Kier alpha value is -3.42. The lowest BCUT2D eigenvalue weighted by atomic mass is 10.0. The predicted octanol–water partition coefficient (Wildman–Crippen LogP) is 5.00. The summed E-state index contributed by atoms with van der Waals surface area (Å²) in [5, 5.41) is 8.67. The summed E-state index contributed by atoms with van der Waals surface area (Å²) in [6.07, 6.45) is 0. The maximum atomic E-state index is 12.8. The molecule has 0 saturated carbocycles. The van der Waals surface area contributed by atoms with Gasteiger partial charge >= 0.3 is 6.03 Å². The molecule has 1 fully saturated rings. The van der Waals surface area contributed by atoms with Gasteiger partial charge in [-0.15, -0.1) is 11.3 Å². The molecule has 0 radical (unpaired) electrons. The number of carbonyl (C=O) groups is 1. The van der Waals surface area contributed by atoms with E-state index in [9.17, 15) is 4.79 Å². The van der Waals surface area contributed by atoms with Gasteiger partial charge in [0, 0.05) is 43.7 Å². The third-order valence-electron chi connectivity index (χ3n) is 6.25. The molecule has 4 aromatic rings. The number of methoxy groups -OCH3 is 1. The van der Waals surface area contributed by atoms with Crippen molar-refractivity contribution in [3.8, 4) is 17.0 Å². The van der Waals surface area contributed by atoms with Crippen LogP contribution in [-0.2, 0) is 13.1 Å². The Morgan fingerprint density at radius 1 is 1.03 bits per heavy atom. The van der Waals surface area contributed by atoms with Gasteiger partial charge in [0.15, 0.2) is 0 Å². The molecule has 1 aromatic heterocycles. The fourth-order valence-electron chi connectivity index (χ4n) is 4.33. The highest BCUT2D eigenvalue weighted by atomic mass is 32.1. The maximum absolute atomic E-state index is 12.8. The normalized spacial score (nSPS) is 14.3. The maximum Gasteiger partial charge on any atom is 0.317 e. The molecule has 0 bridgehead atoms. The second kappa shape index (κ2) is 10.2. The smallest absolute Gasteiger partial charge is 0.317 e. The van der Waals surface area contributed by atoms with Crippen molar-refractivity contribution in [2.75, 3.05) is 33.3 Å². The van der Waals surface area contributed by atoms with Crippen molar-refractivity contribution in [3.05, 3.63) is 82.7 Å². The molecule has 0 unspecified atom stereocenters. The minimum Gasteiger partial charge on any atom is -0.497 e. The molecule has 2 heterocycles. The standard InChI is InChI=1S/C27H28N4O2S/c1-33-23-10-5-8-21(16-23)25-19-34-26(29-25)18-30-12-14-31(15-13-30)27(32)28-17-22-9-4-7-20-6-2-3-11-24(20)22/h2-11,16,19H,12-15,17-18H2,1H3,(H,28,32). The fraction of sp³-hybridized carbons (Fsp3) is 0.259. The van der Waals surface area contributed by atoms with Gasteiger partial charge in [-0.1, -0.05) is 54.6 Å². The molecule has 0 atom stereocenters. The highest BCUT2D eigenvalue weighted by Crippen LogP contribution is 2.26. The Morgan fingerprint density at radius 2 is 1.82 bits per heavy atom. The van der Waals surface area contributed by atoms with E-state index in [0.717, 1.165) is 60.3 Å². The number of nitrogens with zero attached hydrogens (tertiary/aromatic N) is 3. The summed E-state index contributed by atoms with van der Waals surface area (Å²) >= 11 is 1.68. The summed E-state index contributed by atoms with van der Waals surface area (Å²) in [5.41, 5.74) is 3.18. The van der Waals surface area contributed by atoms with E-state index in [4.69, 9.17) is 9.72 Å². The third-order valence-corrected chi connectivity index (χ3v) is 7.08. The van der Waals surface area contributed by atoms with E-state index < -0.39 is 0 Å². The third kappa shape index (κ3) is 5.05. The van der Waals surface area contributed by atoms with Crippen LogP contribution < -0.4 is 10.1 Å². The van der Waals surface area contributed by atoms with Gasteiger partial charge in [0.1, 0.15) is 10.8 Å². The predicted molar refractivity (Wildman–Crippen MR) is 137 cm³/mol. The average molecular weight is 473 g/mol. The molecule has 0 aliphatic carbocycles. The first kappa shape index (κ1) is 22.4. The van der Waals surface area contributed by atoms with Crippen LogP contribution in [0.4, 0.5) is 4.79 Å². The molecule has 5 rings (SSSR count). The SMILES string of the molecule is COc1cccc(-c2csc(CN3CCN(C(=O)NCc4cccc5ccccc45)CC3)n2)c1. The second-order valence-electron chi connectivity index (χ2n) is 8.42. The van der Waals surface area contributed by atoms with Gasteiger partial charge in [-0.25, -0.2) is 9.78 Å². The molecule has 2 amide bonds. The number of nitrogens with one attached hydrogen (secondary N) is 1. The Bertz CT molecular complexity index is 1280. The largest absolute Gasteiger partial charge is 0.497 e. The first-order valence-electron chi connectivity index (χ1n) is 11.5. The number of aromatic nitrogens is 1. The quantitative estimate of drug-likeness (QED) is 0.429. The number of fused-ring (bicyclic) bond motifs is 1. The van der Waals surface area contributed by atoms with Crippen molar-refractivity contribution in [2.24, 2.45) is 0 Å². The summed E-state index contributed by atoms with van der Waals surface area (Å²) in [6, 6.07) is 22.5. The Labute approximate surface area is 203 Å². The molecular weight excluding hydrogens is 444 g/mol. The van der Waals surface area contributed by atoms with Crippen LogP contribution in [0.15, 0.2) is 72.1 Å². The number of carbonyl (C=O) groups excluding carboxylic acids is 1. The van der Waals surface area contributed by atoms with Crippen LogP contribution in [0, 0.1) is 0 Å². The molecular formula is C27H28N4O2S. The molecule has 1 saturated heterocycles. The highest BCUT2D eigenvalue weighted by molar-refractivity contribution is 7.09. The summed E-state index contributed by atoms with van der Waals surface area (Å²) in [6.45, 7) is 4.46. The van der Waals surface area contributed by atoms with Gasteiger partial charge in [0.05, 0.1) is 19.3 Å². The molecule has 1 N–H and O–H groups in total. The summed E-state index contributed by atoms with van der Waals surface area (Å²) in [4.78, 5) is 21.9. The molecule has 3 aromatic carbocycles.